The highest BCUT2D eigenvalue weighted by atomic mass is 35.5. The first-order valence-corrected chi connectivity index (χ1v) is 4.91. The van der Waals surface area contributed by atoms with Gasteiger partial charge in [-0.2, -0.15) is 0 Å². The molecule has 3 heteroatoms. The number of hydrogen-bond donors (Lipinski definition) is 0. The van der Waals surface area contributed by atoms with E-state index in [9.17, 15) is 9.18 Å². The van der Waals surface area contributed by atoms with E-state index < -0.39 is 10.9 Å². The van der Waals surface area contributed by atoms with Crippen LogP contribution in [0.15, 0.2) is 18.2 Å². The molecule has 1 aliphatic rings. The first-order chi connectivity index (χ1) is 6.50. The maximum absolute atomic E-state index is 13.5. The van der Waals surface area contributed by atoms with Crippen LogP contribution in [0, 0.1) is 6.92 Å². The summed E-state index contributed by atoms with van der Waals surface area (Å²) in [6.45, 7) is 1.87. The highest BCUT2D eigenvalue weighted by Gasteiger charge is 2.40. The number of Topliss-reactive ketones (excluding diaryl/α,β-unsaturated/α-hetero) is 1. The molecule has 1 nitrogen and oxygen atoms in total. The molecular formula is C11H10ClFO. The van der Waals surface area contributed by atoms with Gasteiger partial charge in [0, 0.05) is 12.0 Å². The first-order valence-electron chi connectivity index (χ1n) is 4.53. The van der Waals surface area contributed by atoms with Crippen molar-refractivity contribution >= 4 is 17.4 Å². The molecule has 0 aromatic heterocycles. The van der Waals surface area contributed by atoms with Crippen molar-refractivity contribution in [3.05, 3.63) is 34.9 Å². The van der Waals surface area contributed by atoms with Gasteiger partial charge >= 0.3 is 0 Å². The van der Waals surface area contributed by atoms with Crippen molar-refractivity contribution in [3.63, 3.8) is 0 Å². The van der Waals surface area contributed by atoms with Gasteiger partial charge in [0.05, 0.1) is 0 Å². The Morgan fingerprint density at radius 3 is 2.93 bits per heavy atom. The Balaban J connectivity index is 2.54. The largest absolute Gasteiger partial charge is 0.289 e. The lowest BCUT2D eigenvalue weighted by atomic mass is 9.88. The summed E-state index contributed by atoms with van der Waals surface area (Å²) in [4.78, 5) is 11.6. The van der Waals surface area contributed by atoms with E-state index in [2.05, 4.69) is 0 Å². The van der Waals surface area contributed by atoms with Crippen LogP contribution >= 0.6 is 11.6 Å². The fourth-order valence-electron chi connectivity index (χ4n) is 1.72. The van der Waals surface area contributed by atoms with Crippen LogP contribution in [0.5, 0.6) is 0 Å². The van der Waals surface area contributed by atoms with Crippen molar-refractivity contribution in [2.75, 3.05) is 0 Å². The molecule has 0 heterocycles. The molecule has 0 aliphatic heterocycles. The van der Waals surface area contributed by atoms with Gasteiger partial charge in [-0.1, -0.05) is 29.3 Å². The van der Waals surface area contributed by atoms with E-state index in [1.165, 1.54) is 0 Å². The Labute approximate surface area is 86.9 Å². The maximum atomic E-state index is 13.5. The monoisotopic (exact) mass is 212 g/mol. The van der Waals surface area contributed by atoms with E-state index in [1.54, 1.807) is 6.07 Å². The Bertz CT molecular complexity index is 398. The summed E-state index contributed by atoms with van der Waals surface area (Å²) in [5, 5.41) is -2.19. The predicted octanol–water partition coefficient (Wildman–Crippen LogP) is 3.03. The third-order valence-corrected chi connectivity index (χ3v) is 2.91. The lowest BCUT2D eigenvalue weighted by Gasteiger charge is -2.24. The normalized spacial score (nSPS) is 26.1. The number of carbonyl (C=O) groups excluding carboxylic acids is 1. The molecular weight excluding hydrogens is 203 g/mol. The molecule has 1 atom stereocenters. The van der Waals surface area contributed by atoms with Gasteiger partial charge in [0.2, 0.25) is 10.9 Å². The number of rotatable bonds is 0. The number of benzene rings is 1. The molecule has 1 unspecified atom stereocenters. The number of hydrogen-bond acceptors (Lipinski definition) is 1. The van der Waals surface area contributed by atoms with E-state index in [1.807, 2.05) is 19.1 Å². The van der Waals surface area contributed by atoms with Crippen LogP contribution in [0.3, 0.4) is 0 Å². The number of carbonyl (C=O) groups is 1. The van der Waals surface area contributed by atoms with E-state index in [0.717, 1.165) is 11.1 Å². The number of aryl methyl sites for hydroxylation is 2. The van der Waals surface area contributed by atoms with Gasteiger partial charge in [0.15, 0.2) is 0 Å². The minimum Gasteiger partial charge on any atom is -0.289 e. The Morgan fingerprint density at radius 1 is 1.50 bits per heavy atom. The second-order valence-electron chi connectivity index (χ2n) is 3.69. The second kappa shape index (κ2) is 3.06. The van der Waals surface area contributed by atoms with E-state index in [4.69, 9.17) is 11.6 Å². The zero-order chi connectivity index (χ0) is 10.3. The molecule has 74 valence electrons. The Kier molecular flexibility index (Phi) is 2.11. The van der Waals surface area contributed by atoms with Crippen molar-refractivity contribution in [1.82, 2.24) is 0 Å². The molecule has 0 bridgehead atoms. The van der Waals surface area contributed by atoms with E-state index >= 15 is 0 Å². The van der Waals surface area contributed by atoms with Crippen molar-refractivity contribution in [1.29, 1.82) is 0 Å². The fraction of sp³-hybridized carbons (Fsp3) is 0.364. The summed E-state index contributed by atoms with van der Waals surface area (Å²) in [5.41, 5.74) is 2.29. The molecule has 0 radical (unpaired) electrons. The summed E-state index contributed by atoms with van der Waals surface area (Å²) in [6, 6.07) is 5.49. The van der Waals surface area contributed by atoms with Gasteiger partial charge in [-0.05, 0) is 25.0 Å². The van der Waals surface area contributed by atoms with Gasteiger partial charge in [0.1, 0.15) is 0 Å². The highest BCUT2D eigenvalue weighted by Crippen LogP contribution is 2.35. The molecule has 0 amide bonds. The Morgan fingerprint density at radius 2 is 2.21 bits per heavy atom. The summed E-state index contributed by atoms with van der Waals surface area (Å²) in [5.74, 6) is -0.593. The third-order valence-electron chi connectivity index (χ3n) is 2.55. The van der Waals surface area contributed by atoms with Gasteiger partial charge in [-0.3, -0.25) is 4.79 Å². The molecule has 1 aromatic rings. The van der Waals surface area contributed by atoms with Crippen LogP contribution in [-0.2, 0) is 6.42 Å². The molecule has 0 saturated carbocycles. The van der Waals surface area contributed by atoms with Gasteiger partial charge < -0.3 is 0 Å². The Hall–Kier alpha value is -0.890. The van der Waals surface area contributed by atoms with E-state index in [-0.39, 0.29) is 6.42 Å². The molecule has 1 aliphatic carbocycles. The van der Waals surface area contributed by atoms with Gasteiger partial charge in [-0.25, -0.2) is 4.39 Å². The van der Waals surface area contributed by atoms with Crippen molar-refractivity contribution in [3.8, 4) is 0 Å². The van der Waals surface area contributed by atoms with Crippen molar-refractivity contribution < 1.29 is 9.18 Å². The van der Waals surface area contributed by atoms with Gasteiger partial charge in [-0.15, -0.1) is 0 Å². The quantitative estimate of drug-likeness (QED) is 0.605. The smallest absolute Gasteiger partial charge is 0.246 e. The second-order valence-corrected chi connectivity index (χ2v) is 4.29. The van der Waals surface area contributed by atoms with Crippen LogP contribution in [0.1, 0.15) is 27.9 Å². The summed E-state index contributed by atoms with van der Waals surface area (Å²) >= 11 is 5.49. The lowest BCUT2D eigenvalue weighted by molar-refractivity contribution is 0.0802. The summed E-state index contributed by atoms with van der Waals surface area (Å²) < 4.78 is 13.5. The van der Waals surface area contributed by atoms with Crippen molar-refractivity contribution in [2.24, 2.45) is 0 Å². The molecule has 1 aromatic carbocycles. The maximum Gasteiger partial charge on any atom is 0.246 e. The van der Waals surface area contributed by atoms with Crippen LogP contribution in [-0.4, -0.2) is 10.9 Å². The number of halogens is 2. The SMILES string of the molecule is Cc1ccc2c(c1)C(=O)C(F)(Cl)CC2. The molecule has 2 rings (SSSR count). The molecule has 0 fully saturated rings. The average molecular weight is 213 g/mol. The molecule has 0 spiro atoms. The van der Waals surface area contributed by atoms with Crippen LogP contribution in [0.4, 0.5) is 4.39 Å². The van der Waals surface area contributed by atoms with Crippen molar-refractivity contribution in [2.45, 2.75) is 24.9 Å². The number of ketones is 1. The first kappa shape index (κ1) is 9.66. The fourth-order valence-corrected chi connectivity index (χ4v) is 1.92. The zero-order valence-corrected chi connectivity index (χ0v) is 8.57. The van der Waals surface area contributed by atoms with Crippen LogP contribution in [0.25, 0.3) is 0 Å². The number of alkyl halides is 2. The van der Waals surface area contributed by atoms with E-state index in [0.29, 0.717) is 12.0 Å². The van der Waals surface area contributed by atoms with Gasteiger partial charge in [0.25, 0.3) is 0 Å². The zero-order valence-electron chi connectivity index (χ0n) is 7.81. The van der Waals surface area contributed by atoms with Crippen LogP contribution in [0.2, 0.25) is 0 Å². The third kappa shape index (κ3) is 1.44. The number of fused-ring (bicyclic) bond motifs is 1. The average Bonchev–Trinajstić information content (AvgIpc) is 2.13. The molecule has 0 N–H and O–H groups in total. The summed E-state index contributed by atoms with van der Waals surface area (Å²) in [7, 11) is 0. The predicted molar refractivity (Wildman–Crippen MR) is 53.5 cm³/mol. The topological polar surface area (TPSA) is 17.1 Å². The summed E-state index contributed by atoms with van der Waals surface area (Å²) in [6.07, 6.45) is 0.602. The minimum atomic E-state index is -2.19. The minimum absolute atomic E-state index is 0.0729. The van der Waals surface area contributed by atoms with Crippen LogP contribution < -0.4 is 0 Å². The molecule has 14 heavy (non-hydrogen) atoms. The molecule has 0 saturated heterocycles. The lowest BCUT2D eigenvalue weighted by Crippen LogP contribution is -2.33. The highest BCUT2D eigenvalue weighted by molar-refractivity contribution is 6.37. The standard InChI is InChI=1S/C11H10ClFO/c1-7-2-3-8-4-5-11(12,13)10(14)9(8)6-7/h2-3,6H,4-5H2,1H3.